The van der Waals surface area contributed by atoms with Gasteiger partial charge in [-0.3, -0.25) is 0 Å². The standard InChI is InChI=1S/2C3H2F4/c2*4-2-1-3(5,6)7/h2*1-2H/b2-1+;2-1-. The van der Waals surface area contributed by atoms with Crippen LogP contribution in [0.4, 0.5) is 35.1 Å². The third kappa shape index (κ3) is 22.4. The number of allylic oxidation sites excluding steroid dienone is 2. The highest BCUT2D eigenvalue weighted by atomic mass is 19.4. The lowest BCUT2D eigenvalue weighted by Gasteiger charge is -1.92. The number of halogens is 8. The lowest BCUT2D eigenvalue weighted by molar-refractivity contribution is -0.0815. The summed E-state index contributed by atoms with van der Waals surface area (Å²) in [6.07, 6.45) is -11.1. The van der Waals surface area contributed by atoms with Crippen molar-refractivity contribution in [2.24, 2.45) is 0 Å². The van der Waals surface area contributed by atoms with E-state index in [2.05, 4.69) is 0 Å². The Labute approximate surface area is 73.5 Å². The quantitative estimate of drug-likeness (QED) is 0.548. The molecule has 0 aliphatic carbocycles. The van der Waals surface area contributed by atoms with Gasteiger partial charge in [-0.15, -0.1) is 0 Å². The molecule has 0 N–H and O–H groups in total. The Morgan fingerprint density at radius 3 is 0.786 bits per heavy atom. The Morgan fingerprint density at radius 1 is 0.571 bits per heavy atom. The molecule has 14 heavy (non-hydrogen) atoms. The number of hydrogen-bond acceptors (Lipinski definition) is 0. The Hall–Kier alpha value is -1.08. The molecule has 0 amide bonds. The summed E-state index contributed by atoms with van der Waals surface area (Å²) in [4.78, 5) is 0. The summed E-state index contributed by atoms with van der Waals surface area (Å²) in [6.45, 7) is 0. The molecule has 0 rings (SSSR count). The first-order chi connectivity index (χ1) is 6.12. The minimum atomic E-state index is -4.51. The summed E-state index contributed by atoms with van der Waals surface area (Å²) in [5, 5.41) is 0. The predicted octanol–water partition coefficient (Wildman–Crippen LogP) is 4.06. The largest absolute Gasteiger partial charge is 0.411 e. The molecule has 0 saturated carbocycles. The molecule has 0 spiro atoms. The topological polar surface area (TPSA) is 0 Å². The fourth-order valence-corrected chi connectivity index (χ4v) is 0.143. The van der Waals surface area contributed by atoms with Gasteiger partial charge in [0.15, 0.2) is 0 Å². The van der Waals surface area contributed by atoms with Gasteiger partial charge in [-0.2, -0.15) is 26.3 Å². The highest BCUT2D eigenvalue weighted by molar-refractivity contribution is 4.81. The van der Waals surface area contributed by atoms with Crippen molar-refractivity contribution in [2.75, 3.05) is 0 Å². The van der Waals surface area contributed by atoms with E-state index in [1.54, 1.807) is 0 Å². The number of hydrogen-bond donors (Lipinski definition) is 0. The van der Waals surface area contributed by atoms with E-state index < -0.39 is 37.2 Å². The van der Waals surface area contributed by atoms with Crippen LogP contribution in [0.5, 0.6) is 0 Å². The van der Waals surface area contributed by atoms with Crippen LogP contribution in [-0.4, -0.2) is 12.4 Å². The number of alkyl halides is 6. The van der Waals surface area contributed by atoms with Gasteiger partial charge in [0, 0.05) is 12.2 Å². The van der Waals surface area contributed by atoms with Crippen LogP contribution in [-0.2, 0) is 0 Å². The van der Waals surface area contributed by atoms with Gasteiger partial charge in [-0.25, -0.2) is 8.78 Å². The van der Waals surface area contributed by atoms with Crippen LogP contribution in [0.2, 0.25) is 0 Å². The minimum absolute atomic E-state index is 0.479. The molecule has 84 valence electrons. The summed E-state index contributed by atoms with van der Waals surface area (Å²) in [5.41, 5.74) is 0. The lowest BCUT2D eigenvalue weighted by atomic mass is 10.6. The van der Waals surface area contributed by atoms with E-state index in [9.17, 15) is 35.1 Å². The van der Waals surface area contributed by atoms with Gasteiger partial charge in [-0.05, 0) is 0 Å². The van der Waals surface area contributed by atoms with Crippen molar-refractivity contribution in [3.8, 4) is 0 Å². The summed E-state index contributed by atoms with van der Waals surface area (Å²) in [6, 6.07) is 0. The fourth-order valence-electron chi connectivity index (χ4n) is 0.143. The van der Waals surface area contributed by atoms with E-state index in [4.69, 9.17) is 0 Å². The van der Waals surface area contributed by atoms with Crippen LogP contribution < -0.4 is 0 Å². The molecule has 0 radical (unpaired) electrons. The average Bonchev–Trinajstić information content (AvgIpc) is 1.81. The van der Waals surface area contributed by atoms with Crippen LogP contribution in [0.15, 0.2) is 24.8 Å². The smallest absolute Gasteiger partial charge is 0.216 e. The van der Waals surface area contributed by atoms with Crippen LogP contribution >= 0.6 is 0 Å². The molecule has 0 nitrogen and oxygen atoms in total. The lowest BCUT2D eigenvalue weighted by Crippen LogP contribution is -1.99. The first-order valence-electron chi connectivity index (χ1n) is 2.81. The molecule has 0 heterocycles. The van der Waals surface area contributed by atoms with Crippen molar-refractivity contribution >= 4 is 0 Å². The molecule has 0 bridgehead atoms. The van der Waals surface area contributed by atoms with Gasteiger partial charge < -0.3 is 0 Å². The Bertz CT molecular complexity index is 161. The Kier molecular flexibility index (Phi) is 7.02. The highest BCUT2D eigenvalue weighted by Crippen LogP contribution is 2.15. The second-order valence-corrected chi connectivity index (χ2v) is 1.67. The van der Waals surface area contributed by atoms with E-state index in [0.29, 0.717) is 0 Å². The summed E-state index contributed by atoms with van der Waals surface area (Å²) >= 11 is 0. The molecule has 0 aromatic heterocycles. The van der Waals surface area contributed by atoms with Gasteiger partial charge in [0.05, 0.1) is 12.7 Å². The molecular weight excluding hydrogens is 224 g/mol. The van der Waals surface area contributed by atoms with Gasteiger partial charge >= 0.3 is 12.4 Å². The second kappa shape index (κ2) is 6.39. The molecule has 0 aromatic carbocycles. The molecule has 0 aromatic rings. The van der Waals surface area contributed by atoms with Crippen molar-refractivity contribution in [3.05, 3.63) is 24.8 Å². The van der Waals surface area contributed by atoms with Gasteiger partial charge in [-0.1, -0.05) is 0 Å². The van der Waals surface area contributed by atoms with E-state index in [-0.39, 0.29) is 0 Å². The molecule has 0 saturated heterocycles. The van der Waals surface area contributed by atoms with Crippen LogP contribution in [0.25, 0.3) is 0 Å². The van der Waals surface area contributed by atoms with Gasteiger partial charge in [0.25, 0.3) is 0 Å². The van der Waals surface area contributed by atoms with Crippen LogP contribution in [0.1, 0.15) is 0 Å². The van der Waals surface area contributed by atoms with Crippen molar-refractivity contribution < 1.29 is 35.1 Å². The average molecular weight is 228 g/mol. The molecule has 0 fully saturated rings. The Morgan fingerprint density at radius 2 is 0.786 bits per heavy atom. The SMILES string of the molecule is F/C=C/C(F)(F)F.F/C=C\C(F)(F)F. The monoisotopic (exact) mass is 228 g/mol. The number of rotatable bonds is 0. The van der Waals surface area contributed by atoms with Crippen LogP contribution in [0, 0.1) is 0 Å². The van der Waals surface area contributed by atoms with Crippen molar-refractivity contribution in [1.29, 1.82) is 0 Å². The molecule has 8 heteroatoms. The normalized spacial score (nSPS) is 13.1. The molecule has 0 aliphatic heterocycles. The van der Waals surface area contributed by atoms with Gasteiger partial charge in [0.2, 0.25) is 0 Å². The van der Waals surface area contributed by atoms with E-state index in [1.165, 1.54) is 0 Å². The molecule has 0 aliphatic rings. The Balaban J connectivity index is 0. The van der Waals surface area contributed by atoms with Crippen LogP contribution in [0.3, 0.4) is 0 Å². The summed E-state index contributed by atoms with van der Waals surface area (Å²) in [7, 11) is 0. The maximum Gasteiger partial charge on any atom is 0.411 e. The zero-order valence-electron chi connectivity index (χ0n) is 6.33. The first-order valence-corrected chi connectivity index (χ1v) is 2.81. The fraction of sp³-hybridized carbons (Fsp3) is 0.333. The van der Waals surface area contributed by atoms with Crippen molar-refractivity contribution in [1.82, 2.24) is 0 Å². The predicted molar refractivity (Wildman–Crippen MR) is 32.6 cm³/mol. The van der Waals surface area contributed by atoms with E-state index in [0.717, 1.165) is 0 Å². The highest BCUT2D eigenvalue weighted by Gasteiger charge is 2.22. The maximum absolute atomic E-state index is 10.7. The zero-order valence-corrected chi connectivity index (χ0v) is 6.33. The summed E-state index contributed by atoms with van der Waals surface area (Å²) < 4.78 is 85.6. The van der Waals surface area contributed by atoms with Gasteiger partial charge in [0.1, 0.15) is 0 Å². The van der Waals surface area contributed by atoms with E-state index >= 15 is 0 Å². The molecule has 0 atom stereocenters. The van der Waals surface area contributed by atoms with E-state index in [1.807, 2.05) is 0 Å². The molecule has 0 unspecified atom stereocenters. The minimum Gasteiger partial charge on any atom is -0.216 e. The summed E-state index contributed by atoms with van der Waals surface area (Å²) in [5.74, 6) is 0. The third-order valence-electron chi connectivity index (χ3n) is 0.504. The van der Waals surface area contributed by atoms with Crippen molar-refractivity contribution in [3.63, 3.8) is 0 Å². The second-order valence-electron chi connectivity index (χ2n) is 1.67. The molecular formula is C6H4F8. The third-order valence-corrected chi connectivity index (χ3v) is 0.504. The zero-order chi connectivity index (χ0) is 11.8. The maximum atomic E-state index is 10.7. The first kappa shape index (κ1) is 15.4. The van der Waals surface area contributed by atoms with Crippen molar-refractivity contribution in [2.45, 2.75) is 12.4 Å².